The summed E-state index contributed by atoms with van der Waals surface area (Å²) in [5.41, 5.74) is 0.169. The predicted octanol–water partition coefficient (Wildman–Crippen LogP) is 4.11. The minimum atomic E-state index is -3.90. The average Bonchev–Trinajstić information content (AvgIpc) is 2.37. The van der Waals surface area contributed by atoms with E-state index < -0.39 is 15.0 Å². The summed E-state index contributed by atoms with van der Waals surface area (Å²) < 4.78 is 28.1. The molecule has 0 aliphatic carbocycles. The molecule has 0 aromatic heterocycles. The van der Waals surface area contributed by atoms with Gasteiger partial charge in [-0.15, -0.1) is 0 Å². The first-order valence-electron chi connectivity index (χ1n) is 6.27. The third kappa shape index (κ3) is 5.42. The summed E-state index contributed by atoms with van der Waals surface area (Å²) in [5.74, 6) is -0.546. The van der Waals surface area contributed by atoms with Gasteiger partial charge < -0.3 is 4.74 Å². The maximum Gasteiger partial charge on any atom is 0.338 e. The lowest BCUT2D eigenvalue weighted by atomic mass is 10.2. The monoisotopic (exact) mass is 382 g/mol. The van der Waals surface area contributed by atoms with E-state index in [1.165, 1.54) is 18.2 Å². The van der Waals surface area contributed by atoms with Crippen LogP contribution in [-0.2, 0) is 13.8 Å². The van der Waals surface area contributed by atoms with Crippen molar-refractivity contribution in [1.29, 1.82) is 0 Å². The van der Waals surface area contributed by atoms with Crippen LogP contribution in [-0.4, -0.2) is 21.0 Å². The molecule has 1 aromatic rings. The summed E-state index contributed by atoms with van der Waals surface area (Å²) >= 11 is 3.08. The van der Waals surface area contributed by atoms with Gasteiger partial charge in [0.05, 0.1) is 17.1 Å². The highest BCUT2D eigenvalue weighted by Crippen LogP contribution is 2.26. The van der Waals surface area contributed by atoms with Gasteiger partial charge in [0.2, 0.25) is 0 Å². The second kappa shape index (κ2) is 8.00. The fraction of sp³-hybridized carbons (Fsp3) is 0.462. The number of carbonyl (C=O) groups excluding carboxylic acids is 1. The van der Waals surface area contributed by atoms with Gasteiger partial charge in [-0.2, -0.15) is 0 Å². The normalized spacial score (nSPS) is 11.3. The smallest absolute Gasteiger partial charge is 0.338 e. The number of esters is 1. The topological polar surface area (TPSA) is 60.4 Å². The molecule has 0 unspecified atom stereocenters. The molecule has 0 N–H and O–H groups in total. The van der Waals surface area contributed by atoms with Crippen molar-refractivity contribution in [1.82, 2.24) is 0 Å². The molecule has 0 aliphatic heterocycles. The standard InChI is InChI=1S/C13H16BrClO4S/c1-2-3-4-5-8-19-13(16)10-6-7-11(14)12(9-10)20(15,17)18/h6-7,9H,2-5,8H2,1H3. The van der Waals surface area contributed by atoms with Crippen molar-refractivity contribution >= 4 is 41.6 Å². The van der Waals surface area contributed by atoms with Crippen molar-refractivity contribution in [3.63, 3.8) is 0 Å². The molecule has 0 spiro atoms. The zero-order valence-corrected chi connectivity index (χ0v) is 14.2. The molecule has 7 heteroatoms. The first-order chi connectivity index (χ1) is 9.36. The second-order valence-electron chi connectivity index (χ2n) is 4.28. The van der Waals surface area contributed by atoms with Crippen molar-refractivity contribution in [2.45, 2.75) is 37.5 Å². The number of carbonyl (C=O) groups is 1. The van der Waals surface area contributed by atoms with Gasteiger partial charge in [0.1, 0.15) is 0 Å². The molecule has 0 heterocycles. The average molecular weight is 384 g/mol. The van der Waals surface area contributed by atoms with E-state index in [1.807, 2.05) is 0 Å². The van der Waals surface area contributed by atoms with Gasteiger partial charge in [-0.1, -0.05) is 26.2 Å². The van der Waals surface area contributed by atoms with Crippen molar-refractivity contribution in [2.75, 3.05) is 6.61 Å². The molecule has 1 aromatic carbocycles. The predicted molar refractivity (Wildman–Crippen MR) is 81.6 cm³/mol. The van der Waals surface area contributed by atoms with Crippen LogP contribution in [0.15, 0.2) is 27.6 Å². The minimum Gasteiger partial charge on any atom is -0.462 e. The molecule has 0 radical (unpaired) electrons. The highest BCUT2D eigenvalue weighted by atomic mass is 79.9. The van der Waals surface area contributed by atoms with Gasteiger partial charge in [-0.05, 0) is 40.5 Å². The molecule has 0 atom stereocenters. The van der Waals surface area contributed by atoms with Crippen LogP contribution in [0.4, 0.5) is 0 Å². The van der Waals surface area contributed by atoms with Crippen LogP contribution in [0.5, 0.6) is 0 Å². The van der Waals surface area contributed by atoms with Crippen LogP contribution >= 0.6 is 26.6 Å². The van der Waals surface area contributed by atoms with Crippen molar-refractivity contribution in [3.8, 4) is 0 Å². The molecule has 0 saturated carbocycles. The molecule has 0 amide bonds. The second-order valence-corrected chi connectivity index (χ2v) is 7.67. The van der Waals surface area contributed by atoms with E-state index in [9.17, 15) is 13.2 Å². The highest BCUT2D eigenvalue weighted by Gasteiger charge is 2.18. The number of benzene rings is 1. The van der Waals surface area contributed by atoms with Crippen LogP contribution in [0.25, 0.3) is 0 Å². The molecule has 20 heavy (non-hydrogen) atoms. The van der Waals surface area contributed by atoms with E-state index in [4.69, 9.17) is 15.4 Å². The first-order valence-corrected chi connectivity index (χ1v) is 9.38. The fourth-order valence-electron chi connectivity index (χ4n) is 1.59. The van der Waals surface area contributed by atoms with E-state index in [2.05, 4.69) is 22.9 Å². The lowest BCUT2D eigenvalue weighted by Gasteiger charge is -2.06. The van der Waals surface area contributed by atoms with E-state index in [-0.39, 0.29) is 10.5 Å². The summed E-state index contributed by atoms with van der Waals surface area (Å²) in [7, 11) is 1.39. The Morgan fingerprint density at radius 1 is 1.30 bits per heavy atom. The van der Waals surface area contributed by atoms with Gasteiger partial charge >= 0.3 is 5.97 Å². The third-order valence-electron chi connectivity index (χ3n) is 2.66. The van der Waals surface area contributed by atoms with Gasteiger partial charge in [0.25, 0.3) is 9.05 Å². The van der Waals surface area contributed by atoms with Crippen LogP contribution in [0.1, 0.15) is 43.0 Å². The van der Waals surface area contributed by atoms with Gasteiger partial charge in [0, 0.05) is 15.2 Å². The van der Waals surface area contributed by atoms with E-state index in [0.29, 0.717) is 11.1 Å². The van der Waals surface area contributed by atoms with Crippen molar-refractivity contribution in [3.05, 3.63) is 28.2 Å². The van der Waals surface area contributed by atoms with Crippen LogP contribution in [0.3, 0.4) is 0 Å². The SMILES string of the molecule is CCCCCCOC(=O)c1ccc(Br)c(S(=O)(=O)Cl)c1. The Morgan fingerprint density at radius 3 is 2.60 bits per heavy atom. The van der Waals surface area contributed by atoms with Crippen molar-refractivity contribution < 1.29 is 17.9 Å². The summed E-state index contributed by atoms with van der Waals surface area (Å²) in [4.78, 5) is 11.7. The number of rotatable bonds is 7. The van der Waals surface area contributed by atoms with E-state index in [1.54, 1.807) is 0 Å². The Bertz CT molecular complexity index is 572. The molecular weight excluding hydrogens is 368 g/mol. The van der Waals surface area contributed by atoms with Gasteiger partial charge in [-0.3, -0.25) is 0 Å². The van der Waals surface area contributed by atoms with Crippen LogP contribution in [0.2, 0.25) is 0 Å². The first kappa shape index (κ1) is 17.5. The Labute approximate surface area is 132 Å². The lowest BCUT2D eigenvalue weighted by Crippen LogP contribution is -2.07. The zero-order valence-electron chi connectivity index (χ0n) is 11.1. The van der Waals surface area contributed by atoms with Crippen molar-refractivity contribution in [2.24, 2.45) is 0 Å². The summed E-state index contributed by atoms with van der Waals surface area (Å²) in [5, 5.41) is 0. The lowest BCUT2D eigenvalue weighted by molar-refractivity contribution is 0.0497. The molecular formula is C13H16BrClO4S. The molecule has 112 valence electrons. The molecule has 0 aliphatic rings. The Balaban J connectivity index is 2.70. The molecule has 0 bridgehead atoms. The fourth-order valence-corrected chi connectivity index (χ4v) is 3.71. The highest BCUT2D eigenvalue weighted by molar-refractivity contribution is 9.10. The Hall–Kier alpha value is -0.590. The van der Waals surface area contributed by atoms with E-state index in [0.717, 1.165) is 25.7 Å². The number of unbranched alkanes of at least 4 members (excludes halogenated alkanes) is 3. The zero-order chi connectivity index (χ0) is 15.2. The molecule has 0 saturated heterocycles. The maximum atomic E-state index is 11.8. The largest absolute Gasteiger partial charge is 0.462 e. The van der Waals surface area contributed by atoms with Gasteiger partial charge in [-0.25, -0.2) is 13.2 Å². The Morgan fingerprint density at radius 2 is 2.00 bits per heavy atom. The quantitative estimate of drug-likeness (QED) is 0.404. The molecule has 4 nitrogen and oxygen atoms in total. The number of hydrogen-bond donors (Lipinski definition) is 0. The van der Waals surface area contributed by atoms with Gasteiger partial charge in [0.15, 0.2) is 0 Å². The third-order valence-corrected chi connectivity index (χ3v) is 4.98. The summed E-state index contributed by atoms with van der Waals surface area (Å²) in [6.45, 7) is 2.43. The minimum absolute atomic E-state index is 0.139. The summed E-state index contributed by atoms with van der Waals surface area (Å²) in [6, 6.07) is 4.16. The molecule has 0 fully saturated rings. The molecule has 1 rings (SSSR count). The number of ether oxygens (including phenoxy) is 1. The van der Waals surface area contributed by atoms with Crippen LogP contribution in [0, 0.1) is 0 Å². The number of halogens is 2. The maximum absolute atomic E-state index is 11.8. The van der Waals surface area contributed by atoms with E-state index >= 15 is 0 Å². The number of hydrogen-bond acceptors (Lipinski definition) is 4. The van der Waals surface area contributed by atoms with Crippen LogP contribution < -0.4 is 0 Å². The summed E-state index contributed by atoms with van der Waals surface area (Å²) in [6.07, 6.45) is 4.02. The Kier molecular flexibility index (Phi) is 6.99.